The van der Waals surface area contributed by atoms with Gasteiger partial charge in [-0.05, 0) is 77.9 Å². The van der Waals surface area contributed by atoms with Crippen molar-refractivity contribution in [1.82, 2.24) is 5.32 Å². The summed E-state index contributed by atoms with van der Waals surface area (Å²) >= 11 is 2.24. The predicted molar refractivity (Wildman–Crippen MR) is 101 cm³/mol. The van der Waals surface area contributed by atoms with Crippen LogP contribution in [0.1, 0.15) is 35.7 Å². The van der Waals surface area contributed by atoms with Gasteiger partial charge in [0.05, 0.1) is 11.3 Å². The number of benzene rings is 2. The van der Waals surface area contributed by atoms with Gasteiger partial charge in [-0.1, -0.05) is 13.3 Å². The number of carbonyl (C=O) groups is 1. The smallest absolute Gasteiger partial charge is 0.253 e. The first-order chi connectivity index (χ1) is 11.0. The van der Waals surface area contributed by atoms with E-state index in [4.69, 9.17) is 0 Å². The van der Waals surface area contributed by atoms with Crippen LogP contribution in [0, 0.1) is 16.3 Å². The highest BCUT2D eigenvalue weighted by Gasteiger charge is 2.13. The lowest BCUT2D eigenvalue weighted by Gasteiger charge is -2.14. The average Bonchev–Trinajstić information content (AvgIpc) is 2.50. The van der Waals surface area contributed by atoms with Gasteiger partial charge in [0, 0.05) is 15.8 Å². The van der Waals surface area contributed by atoms with Crippen LogP contribution in [0.25, 0.3) is 0 Å². The minimum absolute atomic E-state index is 0.191. The molecule has 0 saturated carbocycles. The van der Waals surface area contributed by atoms with Gasteiger partial charge in [-0.3, -0.25) is 4.79 Å². The van der Waals surface area contributed by atoms with Crippen molar-refractivity contribution in [3.63, 3.8) is 0 Å². The van der Waals surface area contributed by atoms with Crippen LogP contribution in [0.3, 0.4) is 0 Å². The first kappa shape index (κ1) is 17.7. The molecule has 0 radical (unpaired) electrons. The number of rotatable bonds is 6. The molecular weight excluding hydrogens is 406 g/mol. The van der Waals surface area contributed by atoms with Crippen molar-refractivity contribution in [2.24, 2.45) is 0 Å². The van der Waals surface area contributed by atoms with Crippen molar-refractivity contribution >= 4 is 39.9 Å². The molecule has 3 nitrogen and oxygen atoms in total. The number of unbranched alkanes of at least 4 members (excludes halogenated alkanes) is 1. The number of anilines is 2. The van der Waals surface area contributed by atoms with Crippen LogP contribution in [-0.4, -0.2) is 12.5 Å². The van der Waals surface area contributed by atoms with E-state index in [0.29, 0.717) is 17.8 Å². The van der Waals surface area contributed by atoms with Crippen LogP contribution in [0.15, 0.2) is 36.4 Å². The van der Waals surface area contributed by atoms with Crippen LogP contribution < -0.4 is 10.6 Å². The van der Waals surface area contributed by atoms with E-state index in [9.17, 15) is 9.18 Å². The normalized spacial score (nSPS) is 10.4. The Morgan fingerprint density at radius 3 is 2.65 bits per heavy atom. The van der Waals surface area contributed by atoms with Gasteiger partial charge in [-0.15, -0.1) is 0 Å². The largest absolute Gasteiger partial charge is 0.355 e. The molecule has 0 bridgehead atoms. The van der Waals surface area contributed by atoms with E-state index >= 15 is 0 Å². The van der Waals surface area contributed by atoms with E-state index in [2.05, 4.69) is 40.1 Å². The molecule has 5 heteroatoms. The molecule has 0 saturated heterocycles. The fraction of sp³-hybridized carbons (Fsp3) is 0.278. The van der Waals surface area contributed by atoms with Gasteiger partial charge in [-0.25, -0.2) is 4.39 Å². The Morgan fingerprint density at radius 1 is 1.17 bits per heavy atom. The zero-order valence-electron chi connectivity index (χ0n) is 13.2. The van der Waals surface area contributed by atoms with Crippen molar-refractivity contribution in [2.45, 2.75) is 26.7 Å². The van der Waals surface area contributed by atoms with E-state index in [1.54, 1.807) is 0 Å². The molecule has 0 aliphatic carbocycles. The second-order valence-corrected chi connectivity index (χ2v) is 6.63. The fourth-order valence-corrected chi connectivity index (χ4v) is 2.85. The zero-order chi connectivity index (χ0) is 16.8. The molecule has 2 aromatic rings. The number of nitrogens with one attached hydrogen (secondary N) is 2. The second kappa shape index (κ2) is 8.29. The predicted octanol–water partition coefficient (Wildman–Crippen LogP) is 5.01. The highest BCUT2D eigenvalue weighted by atomic mass is 127. The average molecular weight is 426 g/mol. The number of halogens is 2. The maximum Gasteiger partial charge on any atom is 0.253 e. The summed E-state index contributed by atoms with van der Waals surface area (Å²) in [6, 6.07) is 10.1. The quantitative estimate of drug-likeness (QED) is 0.504. The summed E-state index contributed by atoms with van der Waals surface area (Å²) in [4.78, 5) is 12.3. The van der Waals surface area contributed by atoms with Gasteiger partial charge in [0.15, 0.2) is 0 Å². The molecular formula is C18H20FIN2O. The Balaban J connectivity index is 2.26. The third kappa shape index (κ3) is 4.92. The molecule has 1 amide bonds. The molecule has 0 spiro atoms. The Hall–Kier alpha value is -1.63. The lowest BCUT2D eigenvalue weighted by Crippen LogP contribution is -2.25. The van der Waals surface area contributed by atoms with E-state index in [-0.39, 0.29) is 11.7 Å². The summed E-state index contributed by atoms with van der Waals surface area (Å²) in [6.07, 6.45) is 1.93. The lowest BCUT2D eigenvalue weighted by molar-refractivity contribution is 0.0954. The van der Waals surface area contributed by atoms with Crippen molar-refractivity contribution < 1.29 is 9.18 Å². The number of amides is 1. The van der Waals surface area contributed by atoms with E-state index in [1.165, 1.54) is 18.2 Å². The van der Waals surface area contributed by atoms with Crippen LogP contribution in [-0.2, 0) is 0 Å². The van der Waals surface area contributed by atoms with Crippen molar-refractivity contribution in [3.8, 4) is 0 Å². The van der Waals surface area contributed by atoms with Gasteiger partial charge in [-0.2, -0.15) is 0 Å². The van der Waals surface area contributed by atoms with Crippen molar-refractivity contribution in [1.29, 1.82) is 0 Å². The summed E-state index contributed by atoms with van der Waals surface area (Å²) in [5.41, 5.74) is 2.82. The number of hydrogen-bond acceptors (Lipinski definition) is 2. The highest BCUT2D eigenvalue weighted by Crippen LogP contribution is 2.25. The topological polar surface area (TPSA) is 41.1 Å². The Labute approximate surface area is 149 Å². The van der Waals surface area contributed by atoms with Gasteiger partial charge < -0.3 is 10.6 Å². The maximum absolute atomic E-state index is 13.6. The summed E-state index contributed by atoms with van der Waals surface area (Å²) in [6.45, 7) is 4.66. The molecule has 0 fully saturated rings. The third-order valence-electron chi connectivity index (χ3n) is 3.50. The molecule has 2 rings (SSSR count). The summed E-state index contributed by atoms with van der Waals surface area (Å²) in [5.74, 6) is -0.565. The van der Waals surface area contributed by atoms with E-state index in [0.717, 1.165) is 27.7 Å². The molecule has 0 aromatic heterocycles. The number of aryl methyl sites for hydroxylation is 1. The maximum atomic E-state index is 13.6. The molecule has 0 atom stereocenters. The highest BCUT2D eigenvalue weighted by molar-refractivity contribution is 14.1. The van der Waals surface area contributed by atoms with Crippen LogP contribution in [0.5, 0.6) is 0 Å². The van der Waals surface area contributed by atoms with Gasteiger partial charge in [0.2, 0.25) is 0 Å². The van der Waals surface area contributed by atoms with E-state index in [1.807, 2.05) is 25.1 Å². The van der Waals surface area contributed by atoms with Crippen LogP contribution in [0.2, 0.25) is 0 Å². The van der Waals surface area contributed by atoms with Gasteiger partial charge in [0.1, 0.15) is 5.82 Å². The van der Waals surface area contributed by atoms with Crippen LogP contribution in [0.4, 0.5) is 15.8 Å². The standard InChI is InChI=1S/C18H20FIN2O/c1-3-4-9-21-18(23)15-7-5-13(19)11-17(15)22-16-8-6-14(20)10-12(16)2/h5-8,10-11,22H,3-4,9H2,1-2H3,(H,21,23). The van der Waals surface area contributed by atoms with Crippen molar-refractivity contribution in [2.75, 3.05) is 11.9 Å². The summed E-state index contributed by atoms with van der Waals surface area (Å²) < 4.78 is 14.7. The molecule has 0 aliphatic heterocycles. The molecule has 2 aromatic carbocycles. The van der Waals surface area contributed by atoms with Crippen LogP contribution >= 0.6 is 22.6 Å². The molecule has 0 unspecified atom stereocenters. The molecule has 0 aliphatic rings. The van der Waals surface area contributed by atoms with Gasteiger partial charge in [0.25, 0.3) is 5.91 Å². The molecule has 23 heavy (non-hydrogen) atoms. The Kier molecular flexibility index (Phi) is 6.38. The van der Waals surface area contributed by atoms with Crippen molar-refractivity contribution in [3.05, 3.63) is 56.9 Å². The molecule has 2 N–H and O–H groups in total. The zero-order valence-corrected chi connectivity index (χ0v) is 15.4. The Morgan fingerprint density at radius 2 is 1.96 bits per heavy atom. The monoisotopic (exact) mass is 426 g/mol. The molecule has 122 valence electrons. The fourth-order valence-electron chi connectivity index (χ4n) is 2.20. The molecule has 0 heterocycles. The lowest BCUT2D eigenvalue weighted by atomic mass is 10.1. The first-order valence-electron chi connectivity index (χ1n) is 7.62. The minimum atomic E-state index is -0.374. The third-order valence-corrected chi connectivity index (χ3v) is 4.17. The minimum Gasteiger partial charge on any atom is -0.355 e. The number of carbonyl (C=O) groups excluding carboxylic acids is 1. The summed E-state index contributed by atoms with van der Waals surface area (Å²) in [7, 11) is 0. The SMILES string of the molecule is CCCCNC(=O)c1ccc(F)cc1Nc1ccc(I)cc1C. The van der Waals surface area contributed by atoms with Gasteiger partial charge >= 0.3 is 0 Å². The van der Waals surface area contributed by atoms with E-state index < -0.39 is 0 Å². The Bertz CT molecular complexity index is 703. The second-order valence-electron chi connectivity index (χ2n) is 5.38. The first-order valence-corrected chi connectivity index (χ1v) is 8.70. The number of hydrogen-bond donors (Lipinski definition) is 2. The summed E-state index contributed by atoms with van der Waals surface area (Å²) in [5, 5.41) is 6.04.